The molecule has 1 fully saturated rings. The van der Waals surface area contributed by atoms with Crippen LogP contribution in [0, 0.1) is 5.92 Å². The van der Waals surface area contributed by atoms with Gasteiger partial charge in [0.05, 0.1) is 18.3 Å². The number of carbonyl (C=O) groups excluding carboxylic acids is 1. The Labute approximate surface area is 98.5 Å². The Morgan fingerprint density at radius 1 is 1.88 bits per heavy atom. The van der Waals surface area contributed by atoms with Crippen molar-refractivity contribution in [3.05, 3.63) is 0 Å². The predicted molar refractivity (Wildman–Crippen MR) is 58.0 cm³/mol. The summed E-state index contributed by atoms with van der Waals surface area (Å²) < 4.78 is 9.78. The zero-order chi connectivity index (χ0) is 12.3. The van der Waals surface area contributed by atoms with E-state index in [9.17, 15) is 9.59 Å². The summed E-state index contributed by atoms with van der Waals surface area (Å²) in [4.78, 5) is 22.0. The van der Waals surface area contributed by atoms with Crippen LogP contribution in [-0.2, 0) is 19.1 Å². The Bertz CT molecular complexity index is 298. The molecule has 0 aromatic rings. The van der Waals surface area contributed by atoms with Crippen LogP contribution in [0.15, 0.2) is 0 Å². The number of hydrogen-bond acceptors (Lipinski definition) is 6. The van der Waals surface area contributed by atoms with Crippen molar-refractivity contribution in [2.24, 2.45) is 11.7 Å². The maximum atomic E-state index is 11.1. The molecule has 1 heterocycles. The van der Waals surface area contributed by atoms with E-state index in [1.54, 1.807) is 6.92 Å². The van der Waals surface area contributed by atoms with Crippen LogP contribution < -0.4 is 5.73 Å². The lowest BCUT2D eigenvalue weighted by Gasteiger charge is -2.32. The molecule has 1 saturated heterocycles. The average Bonchev–Trinajstić information content (AvgIpc) is 2.63. The third-order valence-electron chi connectivity index (χ3n) is 2.49. The standard InChI is InChI=1S/C9H15NO5S/c1-2-15-9(10,8(12)13)7(16)5-3-6(11)14-4-5/h5,7,16H,2-4,10H2,1H3,(H,12,13). The molecule has 92 valence electrons. The molecule has 1 aliphatic rings. The van der Waals surface area contributed by atoms with Gasteiger partial charge in [0.15, 0.2) is 0 Å². The second-order valence-electron chi connectivity index (χ2n) is 3.62. The van der Waals surface area contributed by atoms with Gasteiger partial charge in [-0.15, -0.1) is 0 Å². The highest BCUT2D eigenvalue weighted by molar-refractivity contribution is 7.81. The Kier molecular flexibility index (Phi) is 4.17. The first kappa shape index (κ1) is 13.3. The first-order chi connectivity index (χ1) is 7.41. The Morgan fingerprint density at radius 3 is 2.88 bits per heavy atom. The number of hydrogen-bond donors (Lipinski definition) is 3. The second kappa shape index (κ2) is 5.03. The zero-order valence-corrected chi connectivity index (χ0v) is 9.78. The summed E-state index contributed by atoms with van der Waals surface area (Å²) in [5.41, 5.74) is 3.76. The molecule has 0 saturated carbocycles. The fourth-order valence-corrected chi connectivity index (χ4v) is 1.97. The van der Waals surface area contributed by atoms with E-state index in [1.165, 1.54) is 0 Å². The van der Waals surface area contributed by atoms with Crippen molar-refractivity contribution in [1.82, 2.24) is 0 Å². The van der Waals surface area contributed by atoms with Gasteiger partial charge in [-0.05, 0) is 6.92 Å². The summed E-state index contributed by atoms with van der Waals surface area (Å²) in [5, 5.41) is 8.24. The molecule has 1 aliphatic heterocycles. The van der Waals surface area contributed by atoms with Crippen LogP contribution in [0.2, 0.25) is 0 Å². The minimum Gasteiger partial charge on any atom is -0.478 e. The number of thiol groups is 1. The summed E-state index contributed by atoms with van der Waals surface area (Å²) >= 11 is 4.16. The SMILES string of the molecule is CCOC(N)(C(=O)O)C(S)C1COC(=O)C1. The van der Waals surface area contributed by atoms with Gasteiger partial charge in [-0.3, -0.25) is 10.5 Å². The largest absolute Gasteiger partial charge is 0.478 e. The van der Waals surface area contributed by atoms with Crippen LogP contribution >= 0.6 is 12.6 Å². The normalized spacial score (nSPS) is 25.9. The molecule has 0 aromatic carbocycles. The number of carbonyl (C=O) groups is 2. The Morgan fingerprint density at radius 2 is 2.50 bits per heavy atom. The van der Waals surface area contributed by atoms with Crippen molar-refractivity contribution < 1.29 is 24.2 Å². The van der Waals surface area contributed by atoms with E-state index < -0.39 is 16.9 Å². The number of esters is 1. The van der Waals surface area contributed by atoms with E-state index in [2.05, 4.69) is 12.6 Å². The highest BCUT2D eigenvalue weighted by Gasteiger charge is 2.47. The maximum Gasteiger partial charge on any atom is 0.352 e. The van der Waals surface area contributed by atoms with Gasteiger partial charge in [0.25, 0.3) is 0 Å². The number of rotatable bonds is 5. The van der Waals surface area contributed by atoms with Crippen LogP contribution in [0.5, 0.6) is 0 Å². The number of cyclic esters (lactones) is 1. The van der Waals surface area contributed by atoms with Crippen molar-refractivity contribution in [1.29, 1.82) is 0 Å². The molecular weight excluding hydrogens is 234 g/mol. The van der Waals surface area contributed by atoms with Gasteiger partial charge in [-0.2, -0.15) is 12.6 Å². The van der Waals surface area contributed by atoms with Gasteiger partial charge >= 0.3 is 11.9 Å². The molecule has 3 unspecified atom stereocenters. The third kappa shape index (κ3) is 2.47. The number of carboxylic acid groups (broad SMARTS) is 1. The van der Waals surface area contributed by atoms with E-state index in [-0.39, 0.29) is 31.5 Å². The first-order valence-electron chi connectivity index (χ1n) is 4.91. The Balaban J connectivity index is 2.78. The van der Waals surface area contributed by atoms with Crippen LogP contribution in [0.4, 0.5) is 0 Å². The maximum absolute atomic E-state index is 11.1. The van der Waals surface area contributed by atoms with Gasteiger partial charge in [-0.1, -0.05) is 0 Å². The molecular formula is C9H15NO5S. The number of nitrogens with two attached hydrogens (primary N) is 1. The summed E-state index contributed by atoms with van der Waals surface area (Å²) in [5.74, 6) is -2.01. The lowest BCUT2D eigenvalue weighted by atomic mass is 9.95. The highest BCUT2D eigenvalue weighted by atomic mass is 32.1. The molecule has 16 heavy (non-hydrogen) atoms. The quantitative estimate of drug-likeness (QED) is 0.349. The van der Waals surface area contributed by atoms with E-state index >= 15 is 0 Å². The summed E-state index contributed by atoms with van der Waals surface area (Å²) in [6, 6.07) is 0. The van der Waals surface area contributed by atoms with Gasteiger partial charge in [0.2, 0.25) is 5.72 Å². The first-order valence-corrected chi connectivity index (χ1v) is 5.43. The predicted octanol–water partition coefficient (Wildman–Crippen LogP) is -0.376. The monoisotopic (exact) mass is 249 g/mol. The minimum atomic E-state index is -1.89. The minimum absolute atomic E-state index is 0.119. The fraction of sp³-hybridized carbons (Fsp3) is 0.778. The summed E-state index contributed by atoms with van der Waals surface area (Å²) in [6.07, 6.45) is 0.119. The summed E-state index contributed by atoms with van der Waals surface area (Å²) in [6.45, 7) is 1.93. The van der Waals surface area contributed by atoms with Gasteiger partial charge in [0, 0.05) is 12.5 Å². The lowest BCUT2D eigenvalue weighted by molar-refractivity contribution is -0.166. The second-order valence-corrected chi connectivity index (χ2v) is 4.18. The van der Waals surface area contributed by atoms with E-state index in [0.717, 1.165) is 0 Å². The topological polar surface area (TPSA) is 98.8 Å². The molecule has 1 rings (SSSR count). The molecule has 0 aromatic heterocycles. The third-order valence-corrected chi connectivity index (χ3v) is 3.30. The molecule has 3 N–H and O–H groups in total. The fourth-order valence-electron chi connectivity index (χ4n) is 1.60. The molecule has 7 heteroatoms. The number of ether oxygens (including phenoxy) is 2. The molecule has 0 radical (unpaired) electrons. The van der Waals surface area contributed by atoms with Crippen molar-refractivity contribution in [3.8, 4) is 0 Å². The molecule has 3 atom stereocenters. The van der Waals surface area contributed by atoms with Crippen LogP contribution in [0.3, 0.4) is 0 Å². The summed E-state index contributed by atoms with van der Waals surface area (Å²) in [7, 11) is 0. The van der Waals surface area contributed by atoms with Crippen molar-refractivity contribution >= 4 is 24.6 Å². The van der Waals surface area contributed by atoms with E-state index in [1.807, 2.05) is 0 Å². The average molecular weight is 249 g/mol. The van der Waals surface area contributed by atoms with Gasteiger partial charge < -0.3 is 14.6 Å². The molecule has 0 bridgehead atoms. The zero-order valence-electron chi connectivity index (χ0n) is 8.88. The highest BCUT2D eigenvalue weighted by Crippen LogP contribution is 2.29. The van der Waals surface area contributed by atoms with Crippen molar-refractivity contribution in [2.75, 3.05) is 13.2 Å². The smallest absolute Gasteiger partial charge is 0.352 e. The lowest BCUT2D eigenvalue weighted by Crippen LogP contribution is -2.59. The van der Waals surface area contributed by atoms with Crippen molar-refractivity contribution in [2.45, 2.75) is 24.3 Å². The number of aliphatic carboxylic acids is 1. The van der Waals surface area contributed by atoms with Crippen LogP contribution in [0.25, 0.3) is 0 Å². The van der Waals surface area contributed by atoms with Crippen molar-refractivity contribution in [3.63, 3.8) is 0 Å². The van der Waals surface area contributed by atoms with Crippen LogP contribution in [0.1, 0.15) is 13.3 Å². The van der Waals surface area contributed by atoms with E-state index in [4.69, 9.17) is 20.3 Å². The molecule has 0 amide bonds. The van der Waals surface area contributed by atoms with Crippen LogP contribution in [-0.4, -0.2) is 41.2 Å². The van der Waals surface area contributed by atoms with E-state index in [0.29, 0.717) is 0 Å². The van der Waals surface area contributed by atoms with Gasteiger partial charge in [-0.25, -0.2) is 4.79 Å². The number of carboxylic acids is 1. The molecule has 0 spiro atoms. The van der Waals surface area contributed by atoms with Gasteiger partial charge in [0.1, 0.15) is 0 Å². The molecule has 0 aliphatic carbocycles. The molecule has 6 nitrogen and oxygen atoms in total. The Hall–Kier alpha value is -0.790.